The van der Waals surface area contributed by atoms with Gasteiger partial charge in [0.2, 0.25) is 0 Å². The van der Waals surface area contributed by atoms with Gasteiger partial charge in [-0.2, -0.15) is 0 Å². The first-order chi connectivity index (χ1) is 14.5. The van der Waals surface area contributed by atoms with Gasteiger partial charge in [0.15, 0.2) is 11.2 Å². The van der Waals surface area contributed by atoms with Crippen molar-refractivity contribution in [1.29, 1.82) is 0 Å². The van der Waals surface area contributed by atoms with Crippen LogP contribution in [0.3, 0.4) is 0 Å². The molecule has 164 valence electrons. The van der Waals surface area contributed by atoms with E-state index in [1.165, 1.54) is 26.4 Å². The van der Waals surface area contributed by atoms with Crippen LogP contribution in [-0.4, -0.2) is 35.8 Å². The van der Waals surface area contributed by atoms with Crippen LogP contribution in [0.4, 0.5) is 0 Å². The van der Waals surface area contributed by atoms with Crippen molar-refractivity contribution >= 4 is 23.5 Å². The lowest BCUT2D eigenvalue weighted by Crippen LogP contribution is -2.61. The monoisotopic (exact) mass is 430 g/mol. The second kappa shape index (κ2) is 9.04. The second-order valence-corrected chi connectivity index (χ2v) is 10.7. The van der Waals surface area contributed by atoms with Crippen molar-refractivity contribution in [3.05, 3.63) is 30.3 Å². The number of benzene rings is 1. The van der Waals surface area contributed by atoms with E-state index in [0.717, 1.165) is 43.4 Å². The quantitative estimate of drug-likeness (QED) is 0.463. The molecule has 1 saturated carbocycles. The minimum atomic E-state index is -1.17. The first kappa shape index (κ1) is 21.9. The maximum atomic E-state index is 14.0. The maximum absolute atomic E-state index is 14.0. The Morgan fingerprint density at radius 3 is 2.43 bits per heavy atom. The number of Topliss-reactive ketones (excluding diaryl/α,β-unsaturated/α-hetero) is 1. The van der Waals surface area contributed by atoms with Crippen LogP contribution in [0.2, 0.25) is 0 Å². The fourth-order valence-electron chi connectivity index (χ4n) is 5.91. The normalized spacial score (nSPS) is 37.1. The Labute approximate surface area is 184 Å². The van der Waals surface area contributed by atoms with E-state index >= 15 is 0 Å². The molecular weight excluding hydrogens is 396 g/mol. The predicted octanol–water partition coefficient (Wildman–Crippen LogP) is 5.58. The third kappa shape index (κ3) is 3.84. The van der Waals surface area contributed by atoms with E-state index in [9.17, 15) is 9.59 Å². The predicted molar refractivity (Wildman–Crippen MR) is 118 cm³/mol. The van der Waals surface area contributed by atoms with Crippen LogP contribution in [0.25, 0.3) is 0 Å². The summed E-state index contributed by atoms with van der Waals surface area (Å²) >= 11 is 1.75. The largest absolute Gasteiger partial charge is 0.468 e. The molecule has 0 spiro atoms. The molecule has 0 radical (unpaired) electrons. The minimum Gasteiger partial charge on any atom is -0.468 e. The summed E-state index contributed by atoms with van der Waals surface area (Å²) in [6.07, 6.45) is 9.46. The summed E-state index contributed by atoms with van der Waals surface area (Å²) in [4.78, 5) is 28.5. The zero-order chi connectivity index (χ0) is 21.2. The van der Waals surface area contributed by atoms with Gasteiger partial charge in [-0.05, 0) is 38.3 Å². The van der Waals surface area contributed by atoms with Gasteiger partial charge in [-0.3, -0.25) is 9.59 Å². The molecule has 5 heteroatoms. The summed E-state index contributed by atoms with van der Waals surface area (Å²) in [6, 6.07) is 10.3. The highest BCUT2D eigenvalue weighted by atomic mass is 32.2. The first-order valence-corrected chi connectivity index (χ1v) is 12.4. The number of fused-ring (bicyclic) bond motifs is 6. The van der Waals surface area contributed by atoms with Gasteiger partial charge in [0.1, 0.15) is 0 Å². The number of rotatable bonds is 3. The van der Waals surface area contributed by atoms with Crippen molar-refractivity contribution < 1.29 is 19.1 Å². The number of thioether (sulfide) groups is 1. The Kier molecular flexibility index (Phi) is 6.59. The Hall–Kier alpha value is -1.33. The summed E-state index contributed by atoms with van der Waals surface area (Å²) < 4.78 is 12.0. The molecule has 2 heterocycles. The zero-order valence-corrected chi connectivity index (χ0v) is 19.0. The van der Waals surface area contributed by atoms with Crippen LogP contribution < -0.4 is 0 Å². The van der Waals surface area contributed by atoms with Crippen LogP contribution in [0.15, 0.2) is 35.2 Å². The average Bonchev–Trinajstić information content (AvgIpc) is 3.05. The molecular formula is C25H34O4S. The van der Waals surface area contributed by atoms with Crippen molar-refractivity contribution in [2.45, 2.75) is 93.0 Å². The molecule has 0 amide bonds. The van der Waals surface area contributed by atoms with E-state index < -0.39 is 17.1 Å². The molecule has 3 aliphatic rings. The third-order valence-electron chi connectivity index (χ3n) is 7.46. The smallest absolute Gasteiger partial charge is 0.322 e. The maximum Gasteiger partial charge on any atom is 0.322 e. The molecule has 1 aliphatic carbocycles. The highest BCUT2D eigenvalue weighted by molar-refractivity contribution is 8.00. The summed E-state index contributed by atoms with van der Waals surface area (Å²) in [5.74, 6) is -0.527. The van der Waals surface area contributed by atoms with E-state index in [0.29, 0.717) is 6.42 Å². The topological polar surface area (TPSA) is 52.6 Å². The van der Waals surface area contributed by atoms with Crippen molar-refractivity contribution in [1.82, 2.24) is 0 Å². The standard InChI is InChI=1S/C25H34O4S/c1-24-17-20(30-18-13-9-8-10-14-18)22(29-24)25(23(27)28-2)16-12-7-5-3-4-6-11-15-19(24)21(25)26/h8-10,13-14,19-20,22H,3-7,11-12,15-17H2,1-2H3/t19-,20-,22+,24-,25+/m1/s1. The molecule has 3 fully saturated rings. The molecule has 1 aromatic rings. The summed E-state index contributed by atoms with van der Waals surface area (Å²) in [5.41, 5.74) is -1.66. The Morgan fingerprint density at radius 2 is 1.73 bits per heavy atom. The fourth-order valence-corrected chi connectivity index (χ4v) is 7.40. The van der Waals surface area contributed by atoms with E-state index in [4.69, 9.17) is 9.47 Å². The highest BCUT2D eigenvalue weighted by Crippen LogP contribution is 2.58. The van der Waals surface area contributed by atoms with Crippen molar-refractivity contribution in [3.8, 4) is 0 Å². The van der Waals surface area contributed by atoms with E-state index in [1.54, 1.807) is 11.8 Å². The van der Waals surface area contributed by atoms with Gasteiger partial charge in [-0.1, -0.05) is 63.1 Å². The molecule has 2 saturated heterocycles. The lowest BCUT2D eigenvalue weighted by Gasteiger charge is -2.47. The van der Waals surface area contributed by atoms with Gasteiger partial charge >= 0.3 is 5.97 Å². The molecule has 5 atom stereocenters. The molecule has 2 aliphatic heterocycles. The van der Waals surface area contributed by atoms with Crippen molar-refractivity contribution in [3.63, 3.8) is 0 Å². The Morgan fingerprint density at radius 1 is 1.07 bits per heavy atom. The number of ether oxygens (including phenoxy) is 2. The number of carbonyl (C=O) groups excluding carboxylic acids is 2. The number of methoxy groups -OCH3 is 1. The number of hydrogen-bond donors (Lipinski definition) is 0. The highest BCUT2D eigenvalue weighted by Gasteiger charge is 2.69. The summed E-state index contributed by atoms with van der Waals surface area (Å²) in [5, 5.41) is 0.0654. The van der Waals surface area contributed by atoms with Crippen LogP contribution >= 0.6 is 11.8 Å². The lowest BCUT2D eigenvalue weighted by atomic mass is 9.65. The molecule has 1 aromatic carbocycles. The van der Waals surface area contributed by atoms with Gasteiger partial charge in [-0.15, -0.1) is 11.8 Å². The van der Waals surface area contributed by atoms with Crippen molar-refractivity contribution in [2.24, 2.45) is 11.3 Å². The second-order valence-electron chi connectivity index (χ2n) is 9.42. The number of carbonyl (C=O) groups is 2. The molecule has 30 heavy (non-hydrogen) atoms. The SMILES string of the molecule is COC(=O)[C@@]12CCCCCCCCC[C@H](C1=O)[C@@]1(C)C[C@@H](Sc3ccccc3)[C@@H]2O1. The van der Waals surface area contributed by atoms with Crippen LogP contribution in [0, 0.1) is 11.3 Å². The van der Waals surface area contributed by atoms with E-state index in [2.05, 4.69) is 19.1 Å². The number of ketones is 1. The molecule has 4 rings (SSSR count). The number of esters is 1. The van der Waals surface area contributed by atoms with Gasteiger partial charge < -0.3 is 9.47 Å². The van der Waals surface area contributed by atoms with E-state index in [-0.39, 0.29) is 22.9 Å². The summed E-state index contributed by atoms with van der Waals surface area (Å²) in [7, 11) is 1.41. The van der Waals surface area contributed by atoms with Gasteiger partial charge in [-0.25, -0.2) is 0 Å². The zero-order valence-electron chi connectivity index (χ0n) is 18.2. The van der Waals surface area contributed by atoms with Gasteiger partial charge in [0.05, 0.1) is 18.8 Å². The summed E-state index contributed by atoms with van der Waals surface area (Å²) in [6.45, 7) is 2.10. The molecule has 0 aromatic heterocycles. The first-order valence-electron chi connectivity index (χ1n) is 11.5. The fraction of sp³-hybridized carbons (Fsp3) is 0.680. The van der Waals surface area contributed by atoms with E-state index in [1.807, 2.05) is 18.2 Å². The minimum absolute atomic E-state index is 0.0654. The number of hydrogen-bond acceptors (Lipinski definition) is 5. The van der Waals surface area contributed by atoms with Crippen LogP contribution in [0.5, 0.6) is 0 Å². The van der Waals surface area contributed by atoms with Crippen LogP contribution in [0.1, 0.15) is 71.1 Å². The van der Waals surface area contributed by atoms with Crippen molar-refractivity contribution in [2.75, 3.05) is 7.11 Å². The molecule has 4 nitrogen and oxygen atoms in total. The van der Waals surface area contributed by atoms with Crippen LogP contribution in [-0.2, 0) is 19.1 Å². The molecule has 0 unspecified atom stereocenters. The van der Waals surface area contributed by atoms with Gasteiger partial charge in [0.25, 0.3) is 0 Å². The molecule has 0 N–H and O–H groups in total. The Bertz CT molecular complexity index is 766. The molecule has 4 bridgehead atoms. The lowest BCUT2D eigenvalue weighted by molar-refractivity contribution is -0.197. The third-order valence-corrected chi connectivity index (χ3v) is 8.72. The van der Waals surface area contributed by atoms with Gasteiger partial charge in [0, 0.05) is 16.1 Å². The average molecular weight is 431 g/mol. The Balaban J connectivity index is 1.74.